The van der Waals surface area contributed by atoms with Crippen molar-refractivity contribution in [3.05, 3.63) is 42.2 Å². The molecule has 0 aliphatic carbocycles. The Balaban J connectivity index is 1.58. The number of carboxylic acid groups (broad SMARTS) is 1. The van der Waals surface area contributed by atoms with E-state index in [0.29, 0.717) is 23.8 Å². The lowest BCUT2D eigenvalue weighted by Gasteiger charge is -2.33. The Bertz CT molecular complexity index is 1420. The molecule has 4 aromatic rings. The zero-order valence-corrected chi connectivity index (χ0v) is 17.5. The third kappa shape index (κ3) is 3.71. The van der Waals surface area contributed by atoms with Crippen LogP contribution in [-0.2, 0) is 0 Å². The van der Waals surface area contributed by atoms with Gasteiger partial charge in [-0.05, 0) is 43.0 Å². The van der Waals surface area contributed by atoms with Crippen LogP contribution in [0.25, 0.3) is 22.1 Å². The standard InChI is InChI=1S/C22H20N8O3/c23-7-3-13-5-9-29(10-6-13)30-19-15-4-8-24-20(15)25-12-17(19)26-22(30)28-27-14-1-2-18(31)16(11-14)21(32)33/h1-2,4,8,11-13,31H,3,5-6,9-10H2,(H,24,25)(H,32,33)/b28-27+. The zero-order chi connectivity index (χ0) is 22.9. The second kappa shape index (κ2) is 8.23. The third-order valence-electron chi connectivity index (χ3n) is 5.88. The van der Waals surface area contributed by atoms with Gasteiger partial charge < -0.3 is 20.2 Å². The number of piperidine rings is 1. The van der Waals surface area contributed by atoms with E-state index in [1.807, 2.05) is 16.9 Å². The highest BCUT2D eigenvalue weighted by atomic mass is 16.4. The number of fused-ring (bicyclic) bond motifs is 3. The number of phenols is 1. The number of nitrogens with one attached hydrogen (secondary N) is 1. The van der Waals surface area contributed by atoms with Gasteiger partial charge in [0.15, 0.2) is 0 Å². The molecule has 0 atom stereocenters. The van der Waals surface area contributed by atoms with Crippen LogP contribution in [0.1, 0.15) is 29.6 Å². The molecular weight excluding hydrogens is 424 g/mol. The van der Waals surface area contributed by atoms with E-state index in [1.54, 1.807) is 6.20 Å². The van der Waals surface area contributed by atoms with Crippen LogP contribution in [0.15, 0.2) is 46.9 Å². The van der Waals surface area contributed by atoms with Gasteiger partial charge >= 0.3 is 5.97 Å². The molecule has 3 N–H and O–H groups in total. The molecule has 11 heteroatoms. The quantitative estimate of drug-likeness (QED) is 0.393. The molecule has 166 valence electrons. The SMILES string of the molecule is N#CCC1CCN(n2c(/N=N/c3ccc(O)c(C(=O)O)c3)nc3cnc4[nH]ccc4c32)CC1. The van der Waals surface area contributed by atoms with Crippen LogP contribution in [0, 0.1) is 17.2 Å². The summed E-state index contributed by atoms with van der Waals surface area (Å²) in [6.07, 6.45) is 5.80. The van der Waals surface area contributed by atoms with E-state index in [-0.39, 0.29) is 17.0 Å². The van der Waals surface area contributed by atoms with Crippen LogP contribution >= 0.6 is 0 Å². The number of H-pyrrole nitrogens is 1. The molecule has 1 aromatic carbocycles. The van der Waals surface area contributed by atoms with E-state index in [2.05, 4.69) is 36.3 Å². The first-order valence-electron chi connectivity index (χ1n) is 10.5. The maximum Gasteiger partial charge on any atom is 0.339 e. The smallest absolute Gasteiger partial charge is 0.339 e. The second-order valence-electron chi connectivity index (χ2n) is 7.92. The number of carbonyl (C=O) groups is 1. The van der Waals surface area contributed by atoms with Crippen molar-refractivity contribution in [3.63, 3.8) is 0 Å². The summed E-state index contributed by atoms with van der Waals surface area (Å²) in [6.45, 7) is 1.47. The van der Waals surface area contributed by atoms with Crippen LogP contribution in [0.2, 0.25) is 0 Å². The fourth-order valence-electron chi connectivity index (χ4n) is 4.19. The number of hydrogen-bond acceptors (Lipinski definition) is 8. The molecule has 4 heterocycles. The average Bonchev–Trinajstić information content (AvgIpc) is 3.43. The first kappa shape index (κ1) is 20.4. The minimum atomic E-state index is -1.25. The maximum absolute atomic E-state index is 11.3. The lowest BCUT2D eigenvalue weighted by atomic mass is 9.95. The Morgan fingerprint density at radius 2 is 2.09 bits per heavy atom. The minimum absolute atomic E-state index is 0.252. The molecule has 0 amide bonds. The lowest BCUT2D eigenvalue weighted by Crippen LogP contribution is -2.41. The normalized spacial score (nSPS) is 14.9. The van der Waals surface area contributed by atoms with Crippen molar-refractivity contribution >= 4 is 39.7 Å². The fourth-order valence-corrected chi connectivity index (χ4v) is 4.19. The average molecular weight is 444 g/mol. The molecule has 5 rings (SSSR count). The lowest BCUT2D eigenvalue weighted by molar-refractivity contribution is 0.0693. The number of aromatic hydroxyl groups is 1. The van der Waals surface area contributed by atoms with E-state index in [1.165, 1.54) is 18.2 Å². The van der Waals surface area contributed by atoms with Gasteiger partial charge in [0.2, 0.25) is 0 Å². The van der Waals surface area contributed by atoms with E-state index < -0.39 is 5.97 Å². The Labute approximate surface area is 187 Å². The highest BCUT2D eigenvalue weighted by molar-refractivity contribution is 6.02. The van der Waals surface area contributed by atoms with Crippen LogP contribution in [0.4, 0.5) is 11.6 Å². The molecule has 0 saturated carbocycles. The third-order valence-corrected chi connectivity index (χ3v) is 5.88. The van der Waals surface area contributed by atoms with E-state index in [9.17, 15) is 15.0 Å². The molecular formula is C22H20N8O3. The topological polar surface area (TPSA) is 156 Å². The van der Waals surface area contributed by atoms with Gasteiger partial charge in [-0.1, -0.05) is 0 Å². The molecule has 0 spiro atoms. The molecule has 11 nitrogen and oxygen atoms in total. The van der Waals surface area contributed by atoms with Gasteiger partial charge in [-0.2, -0.15) is 5.26 Å². The van der Waals surface area contributed by atoms with Gasteiger partial charge in [-0.15, -0.1) is 10.2 Å². The van der Waals surface area contributed by atoms with Crippen LogP contribution in [0.3, 0.4) is 0 Å². The number of aromatic nitrogens is 4. The fraction of sp³-hybridized carbons (Fsp3) is 0.273. The van der Waals surface area contributed by atoms with Gasteiger partial charge in [0, 0.05) is 31.1 Å². The second-order valence-corrected chi connectivity index (χ2v) is 7.92. The summed E-state index contributed by atoms with van der Waals surface area (Å²) in [4.78, 5) is 23.5. The number of nitrogens with zero attached hydrogens (tertiary/aromatic N) is 7. The van der Waals surface area contributed by atoms with Gasteiger partial charge in [0.1, 0.15) is 28.0 Å². The highest BCUT2D eigenvalue weighted by Gasteiger charge is 2.24. The highest BCUT2D eigenvalue weighted by Crippen LogP contribution is 2.31. The van der Waals surface area contributed by atoms with Crippen molar-refractivity contribution in [2.45, 2.75) is 19.3 Å². The summed E-state index contributed by atoms with van der Waals surface area (Å²) in [5.74, 6) is -0.886. The summed E-state index contributed by atoms with van der Waals surface area (Å²) >= 11 is 0. The van der Waals surface area contributed by atoms with Crippen molar-refractivity contribution in [3.8, 4) is 11.8 Å². The predicted molar refractivity (Wildman–Crippen MR) is 120 cm³/mol. The van der Waals surface area contributed by atoms with E-state index >= 15 is 0 Å². The van der Waals surface area contributed by atoms with Gasteiger partial charge in [-0.3, -0.25) is 0 Å². The largest absolute Gasteiger partial charge is 0.507 e. The monoisotopic (exact) mass is 444 g/mol. The van der Waals surface area contributed by atoms with Crippen molar-refractivity contribution in [2.24, 2.45) is 16.1 Å². The van der Waals surface area contributed by atoms with Crippen molar-refractivity contribution < 1.29 is 15.0 Å². The summed E-state index contributed by atoms with van der Waals surface area (Å²) < 4.78 is 1.93. The number of benzene rings is 1. The molecule has 1 aliphatic rings. The number of aromatic carboxylic acids is 1. The van der Waals surface area contributed by atoms with Gasteiger partial charge in [0.05, 0.1) is 18.0 Å². The number of nitriles is 1. The summed E-state index contributed by atoms with van der Waals surface area (Å²) in [6, 6.07) is 8.21. The summed E-state index contributed by atoms with van der Waals surface area (Å²) in [5, 5.41) is 39.6. The van der Waals surface area contributed by atoms with Gasteiger partial charge in [0.25, 0.3) is 5.95 Å². The molecule has 1 aliphatic heterocycles. The number of aromatic amines is 1. The maximum atomic E-state index is 11.3. The summed E-state index contributed by atoms with van der Waals surface area (Å²) in [5.41, 5.74) is 2.27. The predicted octanol–water partition coefficient (Wildman–Crippen LogP) is 3.99. The first-order valence-corrected chi connectivity index (χ1v) is 10.5. The summed E-state index contributed by atoms with van der Waals surface area (Å²) in [7, 11) is 0. The molecule has 33 heavy (non-hydrogen) atoms. The van der Waals surface area contributed by atoms with Crippen molar-refractivity contribution in [1.29, 1.82) is 5.26 Å². The van der Waals surface area contributed by atoms with Crippen molar-refractivity contribution in [2.75, 3.05) is 18.1 Å². The number of azo groups is 1. The minimum Gasteiger partial charge on any atom is -0.507 e. The molecule has 0 unspecified atom stereocenters. The number of pyridine rings is 1. The number of rotatable bonds is 5. The Morgan fingerprint density at radius 1 is 1.27 bits per heavy atom. The molecule has 0 radical (unpaired) electrons. The van der Waals surface area contributed by atoms with Crippen LogP contribution in [-0.4, -0.2) is 48.9 Å². The molecule has 0 bridgehead atoms. The van der Waals surface area contributed by atoms with Gasteiger partial charge in [-0.25, -0.2) is 19.4 Å². The van der Waals surface area contributed by atoms with Crippen LogP contribution in [0.5, 0.6) is 5.75 Å². The molecule has 1 saturated heterocycles. The number of hydrogen-bond donors (Lipinski definition) is 3. The zero-order valence-electron chi connectivity index (χ0n) is 17.5. The van der Waals surface area contributed by atoms with E-state index in [0.717, 1.165) is 42.5 Å². The Kier molecular flexibility index (Phi) is 5.10. The molecule has 1 fully saturated rings. The van der Waals surface area contributed by atoms with E-state index in [4.69, 9.17) is 5.26 Å². The Hall–Kier alpha value is -4.46. The number of imidazole rings is 1. The van der Waals surface area contributed by atoms with Crippen molar-refractivity contribution in [1.82, 2.24) is 19.6 Å². The molecule has 3 aromatic heterocycles. The number of carboxylic acids is 1. The first-order chi connectivity index (χ1) is 16.0. The van der Waals surface area contributed by atoms with Crippen LogP contribution < -0.4 is 5.01 Å². The Morgan fingerprint density at radius 3 is 2.85 bits per heavy atom.